The maximum atomic E-state index is 11.2. The van der Waals surface area contributed by atoms with Crippen molar-refractivity contribution in [1.29, 1.82) is 0 Å². The van der Waals surface area contributed by atoms with Crippen molar-refractivity contribution in [3.8, 4) is 0 Å². The summed E-state index contributed by atoms with van der Waals surface area (Å²) >= 11 is 0. The third-order valence-electron chi connectivity index (χ3n) is 1.58. The molecule has 1 aromatic rings. The van der Waals surface area contributed by atoms with Crippen molar-refractivity contribution in [3.63, 3.8) is 0 Å². The third kappa shape index (κ3) is 3.01. The van der Waals surface area contributed by atoms with Gasteiger partial charge in [-0.3, -0.25) is 0 Å². The molecule has 76 valence electrons. The van der Waals surface area contributed by atoms with Gasteiger partial charge in [0.25, 0.3) is 0 Å². The Balaban J connectivity index is 2.49. The number of carbonyl (C=O) groups excluding carboxylic acids is 1. The summed E-state index contributed by atoms with van der Waals surface area (Å²) < 4.78 is 4.83. The van der Waals surface area contributed by atoms with Gasteiger partial charge in [0.05, 0.1) is 24.7 Å². The first kappa shape index (κ1) is 10.4. The predicted molar refractivity (Wildman–Crippen MR) is 51.7 cm³/mol. The molecular formula is C9H13N3O2. The smallest absolute Gasteiger partial charge is 0.328 e. The van der Waals surface area contributed by atoms with E-state index in [0.29, 0.717) is 12.3 Å². The monoisotopic (exact) mass is 195 g/mol. The summed E-state index contributed by atoms with van der Waals surface area (Å²) in [5, 5.41) is 2.93. The lowest BCUT2D eigenvalue weighted by Gasteiger charge is -2.12. The quantitative estimate of drug-likeness (QED) is 0.721. The Kier molecular flexibility index (Phi) is 3.84. The second-order valence-electron chi connectivity index (χ2n) is 2.75. The Labute approximate surface area is 82.5 Å². The maximum Gasteiger partial charge on any atom is 0.328 e. The van der Waals surface area contributed by atoms with E-state index in [1.54, 1.807) is 26.2 Å². The zero-order chi connectivity index (χ0) is 10.4. The van der Waals surface area contributed by atoms with E-state index in [1.165, 1.54) is 6.33 Å². The molecule has 0 saturated carbocycles. The number of anilines is 1. The Morgan fingerprint density at radius 3 is 2.79 bits per heavy atom. The van der Waals surface area contributed by atoms with Crippen LogP contribution in [0.2, 0.25) is 0 Å². The van der Waals surface area contributed by atoms with E-state index in [-0.39, 0.29) is 12.0 Å². The maximum absolute atomic E-state index is 11.2. The number of nitrogens with one attached hydrogen (secondary N) is 1. The predicted octanol–water partition coefficient (Wildman–Crippen LogP) is 0.840. The van der Waals surface area contributed by atoms with Crippen LogP contribution in [0.1, 0.15) is 13.8 Å². The van der Waals surface area contributed by atoms with Crippen molar-refractivity contribution in [2.75, 3.05) is 11.9 Å². The summed E-state index contributed by atoms with van der Waals surface area (Å²) in [6, 6.07) is -0.388. The molecule has 0 aliphatic carbocycles. The van der Waals surface area contributed by atoms with Crippen LogP contribution >= 0.6 is 0 Å². The molecule has 14 heavy (non-hydrogen) atoms. The number of hydrogen-bond donors (Lipinski definition) is 1. The van der Waals surface area contributed by atoms with Gasteiger partial charge in [-0.25, -0.2) is 14.8 Å². The summed E-state index contributed by atoms with van der Waals surface area (Å²) in [4.78, 5) is 18.9. The van der Waals surface area contributed by atoms with Gasteiger partial charge in [-0.1, -0.05) is 0 Å². The van der Waals surface area contributed by atoms with E-state index < -0.39 is 0 Å². The molecule has 1 aromatic heterocycles. The molecule has 0 bridgehead atoms. The van der Waals surface area contributed by atoms with E-state index in [0.717, 1.165) is 0 Å². The third-order valence-corrected chi connectivity index (χ3v) is 1.58. The molecule has 0 saturated heterocycles. The number of hydrogen-bond acceptors (Lipinski definition) is 5. The lowest BCUT2D eigenvalue weighted by Crippen LogP contribution is -2.28. The van der Waals surface area contributed by atoms with Crippen molar-refractivity contribution >= 4 is 11.7 Å². The van der Waals surface area contributed by atoms with Gasteiger partial charge in [-0.2, -0.15) is 0 Å². The van der Waals surface area contributed by atoms with E-state index in [2.05, 4.69) is 15.3 Å². The number of rotatable bonds is 4. The topological polar surface area (TPSA) is 64.1 Å². The molecule has 5 nitrogen and oxygen atoms in total. The summed E-state index contributed by atoms with van der Waals surface area (Å²) in [5.41, 5.74) is 0.702. The zero-order valence-electron chi connectivity index (χ0n) is 8.23. The minimum Gasteiger partial charge on any atom is -0.464 e. The second kappa shape index (κ2) is 5.16. The van der Waals surface area contributed by atoms with Crippen LogP contribution in [0, 0.1) is 0 Å². The Morgan fingerprint density at radius 2 is 2.21 bits per heavy atom. The van der Waals surface area contributed by atoms with Crippen molar-refractivity contribution < 1.29 is 9.53 Å². The van der Waals surface area contributed by atoms with Gasteiger partial charge in [0.1, 0.15) is 12.4 Å². The van der Waals surface area contributed by atoms with Gasteiger partial charge < -0.3 is 10.1 Å². The fourth-order valence-corrected chi connectivity index (χ4v) is 0.950. The largest absolute Gasteiger partial charge is 0.464 e. The fourth-order valence-electron chi connectivity index (χ4n) is 0.950. The first-order chi connectivity index (χ1) is 6.74. The zero-order valence-corrected chi connectivity index (χ0v) is 8.23. The number of ether oxygens (including phenoxy) is 1. The van der Waals surface area contributed by atoms with E-state index in [9.17, 15) is 4.79 Å². The Morgan fingerprint density at radius 1 is 1.57 bits per heavy atom. The van der Waals surface area contributed by atoms with Gasteiger partial charge in [-0.15, -0.1) is 0 Å². The fraction of sp³-hybridized carbons (Fsp3) is 0.444. The van der Waals surface area contributed by atoms with Crippen molar-refractivity contribution in [2.24, 2.45) is 0 Å². The van der Waals surface area contributed by atoms with Gasteiger partial charge in [0.15, 0.2) is 0 Å². The van der Waals surface area contributed by atoms with Crippen molar-refractivity contribution in [3.05, 3.63) is 18.7 Å². The van der Waals surface area contributed by atoms with Crippen LogP contribution < -0.4 is 5.32 Å². The lowest BCUT2D eigenvalue weighted by molar-refractivity contribution is -0.143. The van der Waals surface area contributed by atoms with E-state index in [4.69, 9.17) is 4.74 Å². The number of nitrogens with zero attached hydrogens (tertiary/aromatic N) is 2. The molecular weight excluding hydrogens is 182 g/mol. The van der Waals surface area contributed by atoms with E-state index >= 15 is 0 Å². The molecule has 0 aliphatic heterocycles. The normalized spacial score (nSPS) is 11.9. The summed E-state index contributed by atoms with van der Waals surface area (Å²) in [5.74, 6) is -0.281. The molecule has 0 fully saturated rings. The lowest BCUT2D eigenvalue weighted by atomic mass is 10.3. The standard InChI is InChI=1S/C9H13N3O2/c1-3-14-9(13)7(2)12-8-4-10-6-11-5-8/h4-7,12H,3H2,1-2H3. The number of esters is 1. The first-order valence-corrected chi connectivity index (χ1v) is 4.42. The summed E-state index contributed by atoms with van der Waals surface area (Å²) in [7, 11) is 0. The molecule has 1 rings (SSSR count). The molecule has 1 N–H and O–H groups in total. The molecule has 0 radical (unpaired) electrons. The first-order valence-electron chi connectivity index (χ1n) is 4.42. The molecule has 5 heteroatoms. The summed E-state index contributed by atoms with van der Waals surface area (Å²) in [6.07, 6.45) is 4.63. The molecule has 1 heterocycles. The Bertz CT molecular complexity index is 289. The van der Waals surface area contributed by atoms with Crippen LogP contribution in [-0.4, -0.2) is 28.6 Å². The molecule has 1 atom stereocenters. The van der Waals surface area contributed by atoms with Crippen LogP contribution in [0.3, 0.4) is 0 Å². The van der Waals surface area contributed by atoms with Gasteiger partial charge in [0, 0.05) is 0 Å². The van der Waals surface area contributed by atoms with Crippen LogP contribution in [0.4, 0.5) is 5.69 Å². The highest BCUT2D eigenvalue weighted by atomic mass is 16.5. The molecule has 1 unspecified atom stereocenters. The van der Waals surface area contributed by atoms with Crippen LogP contribution in [-0.2, 0) is 9.53 Å². The van der Waals surface area contributed by atoms with Crippen LogP contribution in [0.5, 0.6) is 0 Å². The molecule has 0 aliphatic rings. The highest BCUT2D eigenvalue weighted by Gasteiger charge is 2.12. The number of carbonyl (C=O) groups is 1. The summed E-state index contributed by atoms with van der Waals surface area (Å²) in [6.45, 7) is 3.89. The molecule has 0 aromatic carbocycles. The molecule has 0 spiro atoms. The SMILES string of the molecule is CCOC(=O)C(C)Nc1cncnc1. The van der Waals surface area contributed by atoms with Crippen molar-refractivity contribution in [1.82, 2.24) is 9.97 Å². The average Bonchev–Trinajstić information content (AvgIpc) is 2.19. The highest BCUT2D eigenvalue weighted by molar-refractivity contribution is 5.78. The second-order valence-corrected chi connectivity index (χ2v) is 2.75. The van der Waals surface area contributed by atoms with Gasteiger partial charge in [0.2, 0.25) is 0 Å². The van der Waals surface area contributed by atoms with E-state index in [1.807, 2.05) is 0 Å². The van der Waals surface area contributed by atoms with Crippen LogP contribution in [0.15, 0.2) is 18.7 Å². The molecule has 0 amide bonds. The highest BCUT2D eigenvalue weighted by Crippen LogP contribution is 2.03. The minimum atomic E-state index is -0.388. The van der Waals surface area contributed by atoms with Crippen LogP contribution in [0.25, 0.3) is 0 Å². The Hall–Kier alpha value is -1.65. The number of aromatic nitrogens is 2. The van der Waals surface area contributed by atoms with Gasteiger partial charge in [-0.05, 0) is 13.8 Å². The van der Waals surface area contributed by atoms with Crippen molar-refractivity contribution in [2.45, 2.75) is 19.9 Å². The minimum absolute atomic E-state index is 0.281. The average molecular weight is 195 g/mol. The van der Waals surface area contributed by atoms with Gasteiger partial charge >= 0.3 is 5.97 Å².